The molecule has 0 aliphatic rings. The van der Waals surface area contributed by atoms with Crippen LogP contribution in [0.4, 0.5) is 10.5 Å². The van der Waals surface area contributed by atoms with Gasteiger partial charge >= 0.3 is 6.03 Å². The Morgan fingerprint density at radius 2 is 2.21 bits per heavy atom. The van der Waals surface area contributed by atoms with Crippen LogP contribution in [0.5, 0.6) is 0 Å². The van der Waals surface area contributed by atoms with Gasteiger partial charge in [-0.1, -0.05) is 19.9 Å². The third kappa shape index (κ3) is 4.60. The van der Waals surface area contributed by atoms with E-state index in [-0.39, 0.29) is 12.5 Å². The number of benzene rings is 1. The normalized spacial score (nSPS) is 13.5. The summed E-state index contributed by atoms with van der Waals surface area (Å²) < 4.78 is 0. The van der Waals surface area contributed by atoms with Gasteiger partial charge in [-0.25, -0.2) is 4.79 Å². The molecule has 0 aliphatic heterocycles. The predicted molar refractivity (Wildman–Crippen MR) is 73.6 cm³/mol. The average molecular weight is 261 g/mol. The second-order valence-corrected chi connectivity index (χ2v) is 5.01. The smallest absolute Gasteiger partial charge is 0.319 e. The molecule has 102 valence electrons. The standard InChI is InChI=1S/C14H19N3O2/c1-10(2)14(3,19)9-16-13(18)17-12-6-4-5-11(7-12)8-15/h4-7,10,19H,9H2,1-3H3,(H2,16,17,18). The van der Waals surface area contributed by atoms with E-state index in [9.17, 15) is 9.90 Å². The molecule has 0 heterocycles. The number of nitrogens with one attached hydrogen (secondary N) is 2. The van der Waals surface area contributed by atoms with Gasteiger partial charge < -0.3 is 15.7 Å². The van der Waals surface area contributed by atoms with Crippen molar-refractivity contribution in [3.8, 4) is 6.07 Å². The van der Waals surface area contributed by atoms with E-state index in [4.69, 9.17) is 5.26 Å². The lowest BCUT2D eigenvalue weighted by Gasteiger charge is -2.27. The van der Waals surface area contributed by atoms with Crippen LogP contribution in [0.1, 0.15) is 26.3 Å². The first-order valence-corrected chi connectivity index (χ1v) is 6.12. The molecule has 0 fully saturated rings. The zero-order valence-electron chi connectivity index (χ0n) is 11.4. The van der Waals surface area contributed by atoms with Crippen LogP contribution in [0.2, 0.25) is 0 Å². The van der Waals surface area contributed by atoms with Crippen LogP contribution in [0.3, 0.4) is 0 Å². The van der Waals surface area contributed by atoms with Gasteiger partial charge in [-0.05, 0) is 31.0 Å². The van der Waals surface area contributed by atoms with Gasteiger partial charge in [0.15, 0.2) is 0 Å². The Morgan fingerprint density at radius 1 is 1.53 bits per heavy atom. The molecular formula is C14H19N3O2. The highest BCUT2D eigenvalue weighted by Gasteiger charge is 2.25. The first-order valence-electron chi connectivity index (χ1n) is 6.12. The van der Waals surface area contributed by atoms with Crippen LogP contribution >= 0.6 is 0 Å². The zero-order valence-corrected chi connectivity index (χ0v) is 11.4. The van der Waals surface area contributed by atoms with Crippen molar-refractivity contribution >= 4 is 11.7 Å². The lowest BCUT2D eigenvalue weighted by atomic mass is 9.93. The Balaban J connectivity index is 2.54. The number of nitrogens with zero attached hydrogens (tertiary/aromatic N) is 1. The summed E-state index contributed by atoms with van der Waals surface area (Å²) >= 11 is 0. The topological polar surface area (TPSA) is 85.2 Å². The summed E-state index contributed by atoms with van der Waals surface area (Å²) in [6, 6.07) is 8.22. The molecule has 0 saturated carbocycles. The summed E-state index contributed by atoms with van der Waals surface area (Å²) in [5.74, 6) is 0.0368. The second-order valence-electron chi connectivity index (χ2n) is 5.01. The van der Waals surface area contributed by atoms with E-state index >= 15 is 0 Å². The number of anilines is 1. The number of hydrogen-bond donors (Lipinski definition) is 3. The van der Waals surface area contributed by atoms with Crippen LogP contribution in [0.15, 0.2) is 24.3 Å². The van der Waals surface area contributed by atoms with Gasteiger partial charge in [0.05, 0.1) is 17.2 Å². The maximum absolute atomic E-state index is 11.7. The maximum Gasteiger partial charge on any atom is 0.319 e. The molecule has 1 atom stereocenters. The average Bonchev–Trinajstić information content (AvgIpc) is 2.36. The molecule has 1 aromatic rings. The number of urea groups is 1. The summed E-state index contributed by atoms with van der Waals surface area (Å²) in [5, 5.41) is 24.0. The van der Waals surface area contributed by atoms with Gasteiger partial charge in [-0.15, -0.1) is 0 Å². The Labute approximate surface area is 113 Å². The number of nitriles is 1. The fraction of sp³-hybridized carbons (Fsp3) is 0.429. The summed E-state index contributed by atoms with van der Waals surface area (Å²) in [6.07, 6.45) is 0. The molecule has 19 heavy (non-hydrogen) atoms. The molecule has 1 aromatic carbocycles. The van der Waals surface area contributed by atoms with Gasteiger partial charge in [0.2, 0.25) is 0 Å². The van der Waals surface area contributed by atoms with E-state index in [1.165, 1.54) is 0 Å². The van der Waals surface area contributed by atoms with Crippen LogP contribution in [0, 0.1) is 17.2 Å². The molecular weight excluding hydrogens is 242 g/mol. The Kier molecular flexibility index (Phi) is 4.90. The van der Waals surface area contributed by atoms with Crippen LogP contribution < -0.4 is 10.6 Å². The Hall–Kier alpha value is -2.06. The van der Waals surface area contributed by atoms with Gasteiger partial charge in [-0.2, -0.15) is 5.26 Å². The van der Waals surface area contributed by atoms with Gasteiger partial charge in [-0.3, -0.25) is 0 Å². The van der Waals surface area contributed by atoms with E-state index < -0.39 is 11.6 Å². The number of carbonyl (C=O) groups excluding carboxylic acids is 1. The highest BCUT2D eigenvalue weighted by atomic mass is 16.3. The van der Waals surface area contributed by atoms with Gasteiger partial charge in [0, 0.05) is 12.2 Å². The molecule has 0 aromatic heterocycles. The molecule has 5 nitrogen and oxygen atoms in total. The fourth-order valence-electron chi connectivity index (χ4n) is 1.31. The minimum atomic E-state index is -0.953. The molecule has 1 rings (SSSR count). The van der Waals surface area contributed by atoms with E-state index in [1.807, 2.05) is 19.9 Å². The largest absolute Gasteiger partial charge is 0.388 e. The summed E-state index contributed by atoms with van der Waals surface area (Å²) in [7, 11) is 0. The summed E-state index contributed by atoms with van der Waals surface area (Å²) in [5.41, 5.74) is 0.0685. The molecule has 3 N–H and O–H groups in total. The van der Waals surface area contributed by atoms with Crippen molar-refractivity contribution < 1.29 is 9.90 Å². The van der Waals surface area contributed by atoms with Crippen molar-refractivity contribution in [2.75, 3.05) is 11.9 Å². The summed E-state index contributed by atoms with van der Waals surface area (Å²) in [6.45, 7) is 5.61. The third-order valence-corrected chi connectivity index (χ3v) is 3.10. The van der Waals surface area contributed by atoms with Gasteiger partial charge in [0.25, 0.3) is 0 Å². The van der Waals surface area contributed by atoms with Crippen molar-refractivity contribution in [3.05, 3.63) is 29.8 Å². The highest BCUT2D eigenvalue weighted by Crippen LogP contribution is 2.14. The monoisotopic (exact) mass is 261 g/mol. The lowest BCUT2D eigenvalue weighted by molar-refractivity contribution is 0.0170. The van der Waals surface area contributed by atoms with Gasteiger partial charge in [0.1, 0.15) is 0 Å². The predicted octanol–water partition coefficient (Wildman–Crippen LogP) is 2.09. The van der Waals surface area contributed by atoms with Crippen LogP contribution in [-0.2, 0) is 0 Å². The first-order chi connectivity index (χ1) is 8.85. The van der Waals surface area contributed by atoms with E-state index in [2.05, 4.69) is 10.6 Å². The quantitative estimate of drug-likeness (QED) is 0.775. The lowest BCUT2D eigenvalue weighted by Crippen LogP contribution is -2.45. The second kappa shape index (κ2) is 6.21. The number of rotatable bonds is 4. The van der Waals surface area contributed by atoms with Crippen LogP contribution in [-0.4, -0.2) is 23.3 Å². The molecule has 0 aliphatic carbocycles. The first kappa shape index (κ1) is 15.0. The molecule has 1 unspecified atom stereocenters. The van der Waals surface area contributed by atoms with Crippen LogP contribution in [0.25, 0.3) is 0 Å². The van der Waals surface area contributed by atoms with Crippen molar-refractivity contribution in [3.63, 3.8) is 0 Å². The number of carbonyl (C=O) groups is 1. The Bertz CT molecular complexity index is 490. The number of amides is 2. The summed E-state index contributed by atoms with van der Waals surface area (Å²) in [4.78, 5) is 11.7. The van der Waals surface area contributed by atoms with E-state index in [0.717, 1.165) is 0 Å². The molecule has 2 amide bonds. The zero-order chi connectivity index (χ0) is 14.5. The number of hydrogen-bond acceptors (Lipinski definition) is 3. The molecule has 0 spiro atoms. The van der Waals surface area contributed by atoms with Crippen molar-refractivity contribution in [1.82, 2.24) is 5.32 Å². The minimum Gasteiger partial charge on any atom is -0.388 e. The van der Waals surface area contributed by atoms with E-state index in [0.29, 0.717) is 11.3 Å². The SMILES string of the molecule is CC(C)C(C)(O)CNC(=O)Nc1cccc(C#N)c1. The highest BCUT2D eigenvalue weighted by molar-refractivity contribution is 5.89. The van der Waals surface area contributed by atoms with Crippen molar-refractivity contribution in [2.45, 2.75) is 26.4 Å². The van der Waals surface area contributed by atoms with Crippen molar-refractivity contribution in [1.29, 1.82) is 5.26 Å². The Morgan fingerprint density at radius 3 is 2.79 bits per heavy atom. The molecule has 0 radical (unpaired) electrons. The third-order valence-electron chi connectivity index (χ3n) is 3.10. The van der Waals surface area contributed by atoms with Crippen molar-refractivity contribution in [2.24, 2.45) is 5.92 Å². The maximum atomic E-state index is 11.7. The van der Waals surface area contributed by atoms with E-state index in [1.54, 1.807) is 31.2 Å². The minimum absolute atomic E-state index is 0.0368. The number of aliphatic hydroxyl groups is 1. The molecule has 5 heteroatoms. The fourth-order valence-corrected chi connectivity index (χ4v) is 1.31. The molecule has 0 bridgehead atoms. The molecule has 0 saturated heterocycles.